The van der Waals surface area contributed by atoms with Gasteiger partial charge in [-0.2, -0.15) is 5.10 Å². The Morgan fingerprint density at radius 1 is 1.00 bits per heavy atom. The molecule has 0 aliphatic rings. The largest absolute Gasteiger partial charge is 0.343 e. The maximum absolute atomic E-state index is 12.2. The van der Waals surface area contributed by atoms with Crippen LogP contribution in [0.25, 0.3) is 5.69 Å². The SMILES string of the molecule is Cc1c(C(C)NC(=O)C(=O)c2ccccc2)cnn1-c1ccccc1. The normalized spacial score (nSPS) is 11.8. The van der Waals surface area contributed by atoms with Crippen molar-refractivity contribution >= 4 is 11.7 Å². The summed E-state index contributed by atoms with van der Waals surface area (Å²) in [4.78, 5) is 24.4. The summed E-state index contributed by atoms with van der Waals surface area (Å²) in [6.07, 6.45) is 1.72. The number of aromatic nitrogens is 2. The minimum absolute atomic E-state index is 0.322. The van der Waals surface area contributed by atoms with Gasteiger partial charge in [-0.25, -0.2) is 4.68 Å². The molecule has 0 radical (unpaired) electrons. The molecule has 1 atom stereocenters. The molecule has 0 saturated heterocycles. The fraction of sp³-hybridized carbons (Fsp3) is 0.150. The first-order valence-electron chi connectivity index (χ1n) is 8.08. The zero-order chi connectivity index (χ0) is 17.8. The number of amides is 1. The van der Waals surface area contributed by atoms with Crippen molar-refractivity contribution in [3.8, 4) is 5.69 Å². The molecule has 3 aromatic rings. The van der Waals surface area contributed by atoms with Crippen molar-refractivity contribution in [1.82, 2.24) is 15.1 Å². The van der Waals surface area contributed by atoms with Crippen LogP contribution in [0.1, 0.15) is 34.6 Å². The average molecular weight is 333 g/mol. The number of carbonyl (C=O) groups is 2. The Morgan fingerprint density at radius 3 is 2.24 bits per heavy atom. The van der Waals surface area contributed by atoms with Crippen molar-refractivity contribution in [3.63, 3.8) is 0 Å². The molecule has 5 heteroatoms. The molecule has 1 N–H and O–H groups in total. The van der Waals surface area contributed by atoms with Gasteiger partial charge in [0.1, 0.15) is 0 Å². The molecule has 25 heavy (non-hydrogen) atoms. The van der Waals surface area contributed by atoms with Gasteiger partial charge in [0, 0.05) is 16.8 Å². The fourth-order valence-corrected chi connectivity index (χ4v) is 2.74. The number of carbonyl (C=O) groups excluding carboxylic acids is 2. The minimum Gasteiger partial charge on any atom is -0.343 e. The monoisotopic (exact) mass is 333 g/mol. The quantitative estimate of drug-likeness (QED) is 0.576. The van der Waals surface area contributed by atoms with Crippen LogP contribution < -0.4 is 5.32 Å². The van der Waals surface area contributed by atoms with Gasteiger partial charge in [0.2, 0.25) is 5.78 Å². The van der Waals surface area contributed by atoms with Gasteiger partial charge in [-0.15, -0.1) is 0 Å². The molecular formula is C20H19N3O2. The molecule has 1 heterocycles. The molecule has 3 rings (SSSR count). The second kappa shape index (κ2) is 7.13. The molecule has 1 amide bonds. The van der Waals surface area contributed by atoms with Crippen LogP contribution in [0.15, 0.2) is 66.9 Å². The lowest BCUT2D eigenvalue weighted by Gasteiger charge is -2.13. The van der Waals surface area contributed by atoms with Gasteiger partial charge in [0.05, 0.1) is 17.9 Å². The van der Waals surface area contributed by atoms with Crippen molar-refractivity contribution in [2.45, 2.75) is 19.9 Å². The van der Waals surface area contributed by atoms with E-state index in [1.165, 1.54) is 0 Å². The Balaban J connectivity index is 1.76. The van der Waals surface area contributed by atoms with E-state index in [0.717, 1.165) is 16.9 Å². The van der Waals surface area contributed by atoms with Crippen LogP contribution in [0, 0.1) is 6.92 Å². The minimum atomic E-state index is -0.620. The molecule has 0 spiro atoms. The van der Waals surface area contributed by atoms with Gasteiger partial charge >= 0.3 is 0 Å². The number of nitrogens with zero attached hydrogens (tertiary/aromatic N) is 2. The first kappa shape index (κ1) is 16.6. The third-order valence-electron chi connectivity index (χ3n) is 4.10. The molecule has 0 aliphatic heterocycles. The Labute approximate surface area is 146 Å². The maximum Gasteiger partial charge on any atom is 0.292 e. The smallest absolute Gasteiger partial charge is 0.292 e. The van der Waals surface area contributed by atoms with Gasteiger partial charge in [-0.1, -0.05) is 48.5 Å². The van der Waals surface area contributed by atoms with E-state index < -0.39 is 11.7 Å². The van der Waals surface area contributed by atoms with E-state index in [-0.39, 0.29) is 6.04 Å². The predicted octanol–water partition coefficient (Wildman–Crippen LogP) is 3.24. The molecular weight excluding hydrogens is 314 g/mol. The highest BCUT2D eigenvalue weighted by Gasteiger charge is 2.21. The van der Waals surface area contributed by atoms with Crippen LogP contribution >= 0.6 is 0 Å². The summed E-state index contributed by atoms with van der Waals surface area (Å²) in [6, 6.07) is 18.0. The molecule has 1 unspecified atom stereocenters. The maximum atomic E-state index is 12.2. The number of Topliss-reactive ketones (excluding diaryl/α,β-unsaturated/α-hetero) is 1. The molecule has 5 nitrogen and oxygen atoms in total. The number of hydrogen-bond acceptors (Lipinski definition) is 3. The number of hydrogen-bond donors (Lipinski definition) is 1. The van der Waals surface area contributed by atoms with E-state index in [1.54, 1.807) is 36.5 Å². The van der Waals surface area contributed by atoms with Crippen LogP contribution in [0.3, 0.4) is 0 Å². The second-order valence-electron chi connectivity index (χ2n) is 5.82. The summed E-state index contributed by atoms with van der Waals surface area (Å²) in [6.45, 7) is 3.78. The molecule has 0 fully saturated rings. The van der Waals surface area contributed by atoms with Crippen molar-refractivity contribution < 1.29 is 9.59 Å². The van der Waals surface area contributed by atoms with Crippen LogP contribution in [0.2, 0.25) is 0 Å². The summed E-state index contributed by atoms with van der Waals surface area (Å²) >= 11 is 0. The highest BCUT2D eigenvalue weighted by molar-refractivity contribution is 6.42. The highest BCUT2D eigenvalue weighted by atomic mass is 16.2. The van der Waals surface area contributed by atoms with Crippen LogP contribution in [0.4, 0.5) is 0 Å². The zero-order valence-corrected chi connectivity index (χ0v) is 14.1. The summed E-state index contributed by atoms with van der Waals surface area (Å²) < 4.78 is 1.82. The van der Waals surface area contributed by atoms with Gasteiger partial charge < -0.3 is 5.32 Å². The summed E-state index contributed by atoms with van der Waals surface area (Å²) in [5, 5.41) is 7.16. The van der Waals surface area contributed by atoms with Crippen molar-refractivity contribution in [3.05, 3.63) is 83.7 Å². The average Bonchev–Trinajstić information content (AvgIpc) is 3.04. The van der Waals surface area contributed by atoms with Gasteiger partial charge in [-0.3, -0.25) is 9.59 Å². The molecule has 126 valence electrons. The molecule has 2 aromatic carbocycles. The lowest BCUT2D eigenvalue weighted by Crippen LogP contribution is -2.33. The van der Waals surface area contributed by atoms with Gasteiger partial charge in [0.15, 0.2) is 0 Å². The lowest BCUT2D eigenvalue weighted by molar-refractivity contribution is -0.117. The molecule has 0 aliphatic carbocycles. The van der Waals surface area contributed by atoms with E-state index in [9.17, 15) is 9.59 Å². The Bertz CT molecular complexity index is 886. The topological polar surface area (TPSA) is 64.0 Å². The Morgan fingerprint density at radius 2 is 1.60 bits per heavy atom. The number of benzene rings is 2. The van der Waals surface area contributed by atoms with Crippen molar-refractivity contribution in [2.75, 3.05) is 0 Å². The standard InChI is InChI=1S/C20H19N3O2/c1-14(22-20(25)19(24)16-9-5-3-6-10-16)18-13-21-23(15(18)2)17-11-7-4-8-12-17/h3-14H,1-2H3,(H,22,25). The third kappa shape index (κ3) is 3.50. The number of para-hydroxylation sites is 1. The van der Waals surface area contributed by atoms with Crippen molar-refractivity contribution in [2.24, 2.45) is 0 Å². The van der Waals surface area contributed by atoms with E-state index in [1.807, 2.05) is 48.9 Å². The van der Waals surface area contributed by atoms with Crippen molar-refractivity contribution in [1.29, 1.82) is 0 Å². The third-order valence-corrected chi connectivity index (χ3v) is 4.10. The van der Waals surface area contributed by atoms with E-state index in [4.69, 9.17) is 0 Å². The summed E-state index contributed by atoms with van der Waals surface area (Å²) in [7, 11) is 0. The first-order valence-corrected chi connectivity index (χ1v) is 8.08. The van der Waals surface area contributed by atoms with E-state index >= 15 is 0 Å². The van der Waals surface area contributed by atoms with Crippen LogP contribution in [0.5, 0.6) is 0 Å². The summed E-state index contributed by atoms with van der Waals surface area (Å²) in [5.41, 5.74) is 3.12. The Hall–Kier alpha value is -3.21. The predicted molar refractivity (Wildman–Crippen MR) is 95.6 cm³/mol. The number of rotatable bonds is 5. The summed E-state index contributed by atoms with van der Waals surface area (Å²) in [5.74, 6) is -1.16. The molecule has 0 bridgehead atoms. The Kier molecular flexibility index (Phi) is 4.75. The molecule has 0 saturated carbocycles. The highest BCUT2D eigenvalue weighted by Crippen LogP contribution is 2.20. The van der Waals surface area contributed by atoms with Crippen LogP contribution in [-0.2, 0) is 4.79 Å². The fourth-order valence-electron chi connectivity index (χ4n) is 2.74. The van der Waals surface area contributed by atoms with Crippen LogP contribution in [-0.4, -0.2) is 21.5 Å². The molecule has 1 aromatic heterocycles. The zero-order valence-electron chi connectivity index (χ0n) is 14.1. The van der Waals surface area contributed by atoms with Gasteiger partial charge in [0.25, 0.3) is 5.91 Å². The van der Waals surface area contributed by atoms with E-state index in [0.29, 0.717) is 5.56 Å². The van der Waals surface area contributed by atoms with Gasteiger partial charge in [-0.05, 0) is 26.0 Å². The number of ketones is 1. The first-order chi connectivity index (χ1) is 12.1. The van der Waals surface area contributed by atoms with E-state index in [2.05, 4.69) is 10.4 Å². The lowest BCUT2D eigenvalue weighted by atomic mass is 10.1. The number of nitrogens with one attached hydrogen (secondary N) is 1. The second-order valence-corrected chi connectivity index (χ2v) is 5.82.